The molecule has 8 heteroatoms. The minimum atomic E-state index is -0.284. The van der Waals surface area contributed by atoms with E-state index in [2.05, 4.69) is 21.6 Å². The van der Waals surface area contributed by atoms with Gasteiger partial charge in [-0.1, -0.05) is 42.1 Å². The van der Waals surface area contributed by atoms with E-state index in [0.717, 1.165) is 21.2 Å². The molecule has 0 saturated heterocycles. The Labute approximate surface area is 194 Å². The van der Waals surface area contributed by atoms with Crippen LogP contribution in [0.25, 0.3) is 10.2 Å². The van der Waals surface area contributed by atoms with E-state index in [9.17, 15) is 4.79 Å². The molecule has 1 aromatic heterocycles. The lowest BCUT2D eigenvalue weighted by atomic mass is 10.1. The molecular formula is C24H21N3O3S2. The van der Waals surface area contributed by atoms with Crippen molar-refractivity contribution < 1.29 is 14.3 Å². The predicted octanol–water partition coefficient (Wildman–Crippen LogP) is 5.37. The molecule has 3 aromatic carbocycles. The Kier molecular flexibility index (Phi) is 7.03. The van der Waals surface area contributed by atoms with Crippen molar-refractivity contribution in [3.05, 3.63) is 83.4 Å². The molecule has 4 rings (SSSR count). The van der Waals surface area contributed by atoms with E-state index in [1.54, 1.807) is 55.5 Å². The second-order valence-corrected chi connectivity index (χ2v) is 8.97. The van der Waals surface area contributed by atoms with Crippen LogP contribution in [0.5, 0.6) is 11.5 Å². The van der Waals surface area contributed by atoms with Crippen molar-refractivity contribution in [3.63, 3.8) is 0 Å². The Bertz CT molecular complexity index is 1220. The molecule has 0 saturated carbocycles. The molecule has 0 bridgehead atoms. The van der Waals surface area contributed by atoms with Crippen molar-refractivity contribution in [2.75, 3.05) is 14.2 Å². The van der Waals surface area contributed by atoms with Gasteiger partial charge in [-0.15, -0.1) is 11.3 Å². The molecular weight excluding hydrogens is 442 g/mol. The summed E-state index contributed by atoms with van der Waals surface area (Å²) in [5.41, 5.74) is 5.94. The molecule has 32 heavy (non-hydrogen) atoms. The fourth-order valence-electron chi connectivity index (χ4n) is 3.05. The number of nitrogens with zero attached hydrogens (tertiary/aromatic N) is 2. The van der Waals surface area contributed by atoms with Crippen molar-refractivity contribution >= 4 is 45.4 Å². The van der Waals surface area contributed by atoms with Gasteiger partial charge < -0.3 is 9.47 Å². The van der Waals surface area contributed by atoms with Gasteiger partial charge in [-0.3, -0.25) is 4.79 Å². The number of hydrogen-bond acceptors (Lipinski definition) is 7. The summed E-state index contributed by atoms with van der Waals surface area (Å²) in [5, 5.41) is 4.05. The summed E-state index contributed by atoms with van der Waals surface area (Å²) >= 11 is 3.38. The van der Waals surface area contributed by atoms with Crippen LogP contribution in [0.3, 0.4) is 0 Å². The zero-order chi connectivity index (χ0) is 22.3. The lowest BCUT2D eigenvalue weighted by Crippen LogP contribution is -2.17. The summed E-state index contributed by atoms with van der Waals surface area (Å²) in [7, 11) is 3.13. The number of hydrogen-bond donors (Lipinski definition) is 1. The number of hydrazone groups is 1. The highest BCUT2D eigenvalue weighted by molar-refractivity contribution is 8.00. The number of carbonyl (C=O) groups excluding carboxylic acids is 1. The van der Waals surface area contributed by atoms with Crippen LogP contribution < -0.4 is 14.9 Å². The van der Waals surface area contributed by atoms with Gasteiger partial charge in [-0.05, 0) is 42.0 Å². The number of carbonyl (C=O) groups is 1. The number of amides is 1. The monoisotopic (exact) mass is 463 g/mol. The van der Waals surface area contributed by atoms with E-state index in [1.165, 1.54) is 10.9 Å². The van der Waals surface area contributed by atoms with Crippen LogP contribution in [0.4, 0.5) is 0 Å². The molecule has 162 valence electrons. The van der Waals surface area contributed by atoms with Gasteiger partial charge in [0.2, 0.25) is 0 Å². The molecule has 0 fully saturated rings. The van der Waals surface area contributed by atoms with Gasteiger partial charge in [-0.25, -0.2) is 10.4 Å². The Morgan fingerprint density at radius 1 is 1.06 bits per heavy atom. The van der Waals surface area contributed by atoms with Crippen LogP contribution in [-0.4, -0.2) is 31.3 Å². The average molecular weight is 464 g/mol. The maximum atomic E-state index is 12.4. The first-order chi connectivity index (χ1) is 15.7. The van der Waals surface area contributed by atoms with Gasteiger partial charge in [0, 0.05) is 16.9 Å². The average Bonchev–Trinajstić information content (AvgIpc) is 3.26. The minimum absolute atomic E-state index is 0.284. The lowest BCUT2D eigenvalue weighted by molar-refractivity contribution is 0.0955. The number of fused-ring (bicyclic) bond motifs is 1. The van der Waals surface area contributed by atoms with Crippen LogP contribution >= 0.6 is 23.1 Å². The van der Waals surface area contributed by atoms with Gasteiger partial charge in [0.15, 0.2) is 15.8 Å². The van der Waals surface area contributed by atoms with Crippen LogP contribution in [0.1, 0.15) is 21.5 Å². The first kappa shape index (κ1) is 21.9. The third-order valence-corrected chi connectivity index (χ3v) is 6.91. The number of ether oxygens (including phenoxy) is 2. The molecule has 1 amide bonds. The van der Waals surface area contributed by atoms with Gasteiger partial charge >= 0.3 is 0 Å². The maximum Gasteiger partial charge on any atom is 0.271 e. The van der Waals surface area contributed by atoms with Crippen LogP contribution in [0.15, 0.2) is 76.2 Å². The number of methoxy groups -OCH3 is 2. The lowest BCUT2D eigenvalue weighted by Gasteiger charge is -2.09. The quantitative estimate of drug-likeness (QED) is 0.216. The Morgan fingerprint density at radius 3 is 2.62 bits per heavy atom. The second kappa shape index (κ2) is 10.3. The largest absolute Gasteiger partial charge is 0.493 e. The second-order valence-electron chi connectivity index (χ2n) is 6.71. The number of aromatic nitrogens is 1. The molecule has 1 N–H and O–H groups in total. The third kappa shape index (κ3) is 5.09. The molecule has 6 nitrogen and oxygen atoms in total. The van der Waals surface area contributed by atoms with E-state index in [0.29, 0.717) is 22.6 Å². The summed E-state index contributed by atoms with van der Waals surface area (Å²) in [5.74, 6) is 1.66. The fraction of sp³-hybridized carbons (Fsp3) is 0.125. The van der Waals surface area contributed by atoms with Crippen LogP contribution in [0.2, 0.25) is 0 Å². The van der Waals surface area contributed by atoms with E-state index in [4.69, 9.17) is 9.47 Å². The summed E-state index contributed by atoms with van der Waals surface area (Å²) in [6.45, 7) is 0. The number of para-hydroxylation sites is 2. The van der Waals surface area contributed by atoms with Crippen molar-refractivity contribution in [3.8, 4) is 11.5 Å². The van der Waals surface area contributed by atoms with Crippen molar-refractivity contribution in [1.29, 1.82) is 0 Å². The van der Waals surface area contributed by atoms with Crippen molar-refractivity contribution in [2.45, 2.75) is 10.1 Å². The Morgan fingerprint density at radius 2 is 1.88 bits per heavy atom. The zero-order valence-electron chi connectivity index (χ0n) is 17.6. The number of thiazole rings is 1. The molecule has 1 heterocycles. The van der Waals surface area contributed by atoms with Crippen molar-refractivity contribution in [1.82, 2.24) is 10.4 Å². The third-order valence-electron chi connectivity index (χ3n) is 4.66. The van der Waals surface area contributed by atoms with E-state index in [-0.39, 0.29) is 5.91 Å². The van der Waals surface area contributed by atoms with E-state index < -0.39 is 0 Å². The molecule has 0 aliphatic rings. The summed E-state index contributed by atoms with van der Waals surface area (Å²) in [6.07, 6.45) is 1.53. The van der Waals surface area contributed by atoms with E-state index in [1.807, 2.05) is 42.5 Å². The van der Waals surface area contributed by atoms with Gasteiger partial charge in [0.25, 0.3) is 5.91 Å². The highest BCUT2D eigenvalue weighted by Gasteiger charge is 2.09. The maximum absolute atomic E-state index is 12.4. The highest BCUT2D eigenvalue weighted by atomic mass is 32.2. The molecule has 0 spiro atoms. The zero-order valence-corrected chi connectivity index (χ0v) is 19.2. The highest BCUT2D eigenvalue weighted by Crippen LogP contribution is 2.31. The van der Waals surface area contributed by atoms with Crippen LogP contribution in [0, 0.1) is 0 Å². The number of rotatable bonds is 8. The predicted molar refractivity (Wildman–Crippen MR) is 130 cm³/mol. The number of benzene rings is 3. The van der Waals surface area contributed by atoms with Gasteiger partial charge in [-0.2, -0.15) is 5.10 Å². The van der Waals surface area contributed by atoms with Gasteiger partial charge in [0.1, 0.15) is 0 Å². The van der Waals surface area contributed by atoms with E-state index >= 15 is 0 Å². The Balaban J connectivity index is 1.34. The van der Waals surface area contributed by atoms with Gasteiger partial charge in [0.05, 0.1) is 30.7 Å². The summed E-state index contributed by atoms with van der Waals surface area (Å²) < 4.78 is 12.9. The normalized spacial score (nSPS) is 11.1. The molecule has 0 atom stereocenters. The van der Waals surface area contributed by atoms with Crippen molar-refractivity contribution in [2.24, 2.45) is 5.10 Å². The topological polar surface area (TPSA) is 72.8 Å². The first-order valence-corrected chi connectivity index (χ1v) is 11.6. The fourth-order valence-corrected chi connectivity index (χ4v) is 5.07. The first-order valence-electron chi connectivity index (χ1n) is 9.79. The molecule has 4 aromatic rings. The SMILES string of the molecule is COc1cccc(/C=N\NC(=O)c2ccc(CSc3nc4ccccc4s3)cc2)c1OC. The smallest absolute Gasteiger partial charge is 0.271 e. The number of thioether (sulfide) groups is 1. The summed E-state index contributed by atoms with van der Waals surface area (Å²) in [4.78, 5) is 17.0. The number of nitrogens with one attached hydrogen (secondary N) is 1. The molecule has 0 aliphatic heterocycles. The molecule has 0 radical (unpaired) electrons. The standard InChI is InChI=1S/C24H21N3O3S2/c1-29-20-8-5-6-18(22(20)30-2)14-25-27-23(28)17-12-10-16(11-13-17)15-31-24-26-19-7-3-4-9-21(19)32-24/h3-14H,15H2,1-2H3,(H,27,28)/b25-14-. The minimum Gasteiger partial charge on any atom is -0.493 e. The Hall–Kier alpha value is -3.36. The molecule has 0 aliphatic carbocycles. The molecule has 0 unspecified atom stereocenters. The van der Waals surface area contributed by atoms with Crippen LogP contribution in [-0.2, 0) is 5.75 Å². The summed E-state index contributed by atoms with van der Waals surface area (Å²) in [6, 6.07) is 21.1.